The fraction of sp³-hybridized carbons (Fsp3) is 0.0588. The van der Waals surface area contributed by atoms with Gasteiger partial charge < -0.3 is 0 Å². The average molecular weight is 300 g/mol. The highest BCUT2D eigenvalue weighted by Crippen LogP contribution is 2.28. The van der Waals surface area contributed by atoms with Gasteiger partial charge in [-0.1, -0.05) is 24.3 Å². The highest BCUT2D eigenvalue weighted by Gasteiger charge is 2.06. The van der Waals surface area contributed by atoms with Crippen molar-refractivity contribution in [2.24, 2.45) is 12.1 Å². The summed E-state index contributed by atoms with van der Waals surface area (Å²) in [6, 6.07) is 17.0. The van der Waals surface area contributed by atoms with Gasteiger partial charge in [0.25, 0.3) is 0 Å². The molecule has 0 unspecified atom stereocenters. The predicted molar refractivity (Wildman–Crippen MR) is 88.4 cm³/mol. The summed E-state index contributed by atoms with van der Waals surface area (Å²) < 4.78 is 1.80. The number of rotatable bonds is 3. The molecule has 0 aliphatic rings. The molecule has 0 aliphatic heterocycles. The van der Waals surface area contributed by atoms with Crippen molar-refractivity contribution in [2.75, 3.05) is 5.43 Å². The summed E-state index contributed by atoms with van der Waals surface area (Å²) in [6.07, 6.45) is 1.99. The summed E-state index contributed by atoms with van der Waals surface area (Å²) in [4.78, 5) is 0. The first kappa shape index (κ1) is 14.3. The number of nitrogens with zero attached hydrogens (tertiary/aromatic N) is 5. The minimum atomic E-state index is -0.214. The van der Waals surface area contributed by atoms with E-state index in [1.165, 1.54) is 0 Å². The van der Waals surface area contributed by atoms with Crippen LogP contribution in [0.25, 0.3) is 22.0 Å². The first-order valence-corrected chi connectivity index (χ1v) is 6.88. The first-order valence-electron chi connectivity index (χ1n) is 6.88. The van der Waals surface area contributed by atoms with Crippen molar-refractivity contribution >= 4 is 22.3 Å². The maximum atomic E-state index is 8.65. The van der Waals surface area contributed by atoms with E-state index in [2.05, 4.69) is 15.6 Å². The van der Waals surface area contributed by atoms with Gasteiger partial charge in [-0.05, 0) is 29.3 Å². The molecule has 23 heavy (non-hydrogen) atoms. The molecule has 1 heterocycles. The average Bonchev–Trinajstić information content (AvgIpc) is 2.96. The summed E-state index contributed by atoms with van der Waals surface area (Å²) in [5, 5.41) is 26.5. The van der Waals surface area contributed by atoms with Crippen molar-refractivity contribution in [1.29, 1.82) is 10.5 Å². The molecule has 3 aromatic rings. The first-order chi connectivity index (χ1) is 11.2. The van der Waals surface area contributed by atoms with Gasteiger partial charge in [0.1, 0.15) is 12.1 Å². The van der Waals surface area contributed by atoms with Crippen molar-refractivity contribution in [3.05, 3.63) is 48.7 Å². The second-order valence-electron chi connectivity index (χ2n) is 4.91. The molecule has 0 saturated heterocycles. The van der Waals surface area contributed by atoms with Crippen LogP contribution in [0.5, 0.6) is 0 Å². The summed E-state index contributed by atoms with van der Waals surface area (Å²) in [5.74, 6) is 0. The van der Waals surface area contributed by atoms with Gasteiger partial charge >= 0.3 is 0 Å². The molecule has 6 nitrogen and oxygen atoms in total. The molecule has 0 spiro atoms. The van der Waals surface area contributed by atoms with Crippen LogP contribution in [-0.2, 0) is 7.05 Å². The number of aryl methyl sites for hydroxylation is 1. The summed E-state index contributed by atoms with van der Waals surface area (Å²) in [5.41, 5.74) is 6.28. The Bertz CT molecular complexity index is 951. The molecular weight excluding hydrogens is 288 g/mol. The van der Waals surface area contributed by atoms with Gasteiger partial charge in [0, 0.05) is 18.6 Å². The van der Waals surface area contributed by atoms with Gasteiger partial charge in [0.2, 0.25) is 5.71 Å². The van der Waals surface area contributed by atoms with Gasteiger partial charge in [-0.15, -0.1) is 0 Å². The Kier molecular flexibility index (Phi) is 3.73. The highest BCUT2D eigenvalue weighted by atomic mass is 15.3. The van der Waals surface area contributed by atoms with Gasteiger partial charge in [0.05, 0.1) is 11.2 Å². The Morgan fingerprint density at radius 1 is 1.13 bits per heavy atom. The lowest BCUT2D eigenvalue weighted by Gasteiger charge is -2.05. The van der Waals surface area contributed by atoms with Crippen molar-refractivity contribution < 1.29 is 0 Å². The van der Waals surface area contributed by atoms with E-state index in [1.807, 2.05) is 55.7 Å². The molecule has 1 aromatic heterocycles. The van der Waals surface area contributed by atoms with E-state index in [1.54, 1.807) is 16.8 Å². The number of hydrazone groups is 1. The predicted octanol–water partition coefficient (Wildman–Crippen LogP) is 3.06. The van der Waals surface area contributed by atoms with Gasteiger partial charge in [-0.3, -0.25) is 10.1 Å². The molecule has 0 atom stereocenters. The quantitative estimate of drug-likeness (QED) is 0.594. The second-order valence-corrected chi connectivity index (χ2v) is 4.91. The van der Waals surface area contributed by atoms with Crippen LogP contribution in [-0.4, -0.2) is 15.5 Å². The zero-order valence-corrected chi connectivity index (χ0v) is 12.4. The van der Waals surface area contributed by atoms with E-state index in [9.17, 15) is 0 Å². The molecule has 0 fully saturated rings. The van der Waals surface area contributed by atoms with E-state index < -0.39 is 0 Å². The Hall–Kier alpha value is -3.64. The maximum Gasteiger partial charge on any atom is 0.237 e. The minimum Gasteiger partial charge on any atom is -0.277 e. The highest BCUT2D eigenvalue weighted by molar-refractivity contribution is 6.10. The molecule has 0 bridgehead atoms. The Labute approximate surface area is 132 Å². The fourth-order valence-electron chi connectivity index (χ4n) is 2.33. The third-order valence-electron chi connectivity index (χ3n) is 3.37. The zero-order chi connectivity index (χ0) is 16.2. The number of anilines is 1. The molecule has 1 N–H and O–H groups in total. The van der Waals surface area contributed by atoms with Crippen LogP contribution in [0.3, 0.4) is 0 Å². The summed E-state index contributed by atoms with van der Waals surface area (Å²) >= 11 is 0. The smallest absolute Gasteiger partial charge is 0.237 e. The largest absolute Gasteiger partial charge is 0.277 e. The summed E-state index contributed by atoms with van der Waals surface area (Å²) in [7, 11) is 1.90. The standard InChI is InChI=1S/C17H12N6/c1-23-11-16-15(3-2-4-17(16)22-23)12-5-7-13(8-6-12)20-21-14(9-18)10-19/h2-8,11,20H,1H3. The SMILES string of the molecule is Cn1cc2c(-c3ccc(NN=C(C#N)C#N)cc3)cccc2n1. The van der Waals surface area contributed by atoms with E-state index in [-0.39, 0.29) is 5.71 Å². The molecule has 110 valence electrons. The number of nitrogens with one attached hydrogen (secondary N) is 1. The third-order valence-corrected chi connectivity index (χ3v) is 3.37. The van der Waals surface area contributed by atoms with E-state index in [4.69, 9.17) is 10.5 Å². The van der Waals surface area contributed by atoms with Crippen LogP contribution < -0.4 is 5.43 Å². The maximum absolute atomic E-state index is 8.65. The van der Waals surface area contributed by atoms with Crippen LogP contribution in [0.2, 0.25) is 0 Å². The molecule has 6 heteroatoms. The van der Waals surface area contributed by atoms with Crippen LogP contribution in [0.15, 0.2) is 53.8 Å². The zero-order valence-electron chi connectivity index (χ0n) is 12.4. The van der Waals surface area contributed by atoms with Crippen LogP contribution >= 0.6 is 0 Å². The lowest BCUT2D eigenvalue weighted by atomic mass is 10.0. The van der Waals surface area contributed by atoms with Crippen LogP contribution in [0.1, 0.15) is 0 Å². The molecule has 3 rings (SSSR count). The number of nitriles is 2. The Morgan fingerprint density at radius 3 is 2.57 bits per heavy atom. The topological polar surface area (TPSA) is 89.8 Å². The van der Waals surface area contributed by atoms with Gasteiger partial charge in [0.15, 0.2) is 0 Å². The number of benzene rings is 2. The molecule has 0 radical (unpaired) electrons. The lowest BCUT2D eigenvalue weighted by molar-refractivity contribution is 0.780. The number of fused-ring (bicyclic) bond motifs is 1. The van der Waals surface area contributed by atoms with Crippen molar-refractivity contribution in [3.63, 3.8) is 0 Å². The summed E-state index contributed by atoms with van der Waals surface area (Å²) in [6.45, 7) is 0. The molecule has 0 amide bonds. The van der Waals surface area contributed by atoms with Crippen LogP contribution in [0.4, 0.5) is 5.69 Å². The molecule has 0 aliphatic carbocycles. The molecule has 0 saturated carbocycles. The van der Waals surface area contributed by atoms with Gasteiger partial charge in [-0.2, -0.15) is 20.7 Å². The monoisotopic (exact) mass is 300 g/mol. The van der Waals surface area contributed by atoms with Crippen LogP contribution in [0, 0.1) is 22.7 Å². The Morgan fingerprint density at radius 2 is 1.87 bits per heavy atom. The van der Waals surface area contributed by atoms with E-state index in [0.29, 0.717) is 5.69 Å². The Balaban J connectivity index is 1.92. The van der Waals surface area contributed by atoms with E-state index in [0.717, 1.165) is 22.0 Å². The second kappa shape index (κ2) is 6.00. The number of aromatic nitrogens is 2. The van der Waals surface area contributed by atoms with E-state index >= 15 is 0 Å². The molecular formula is C17H12N6. The van der Waals surface area contributed by atoms with Gasteiger partial charge in [-0.25, -0.2) is 0 Å². The van der Waals surface area contributed by atoms with Crippen molar-refractivity contribution in [2.45, 2.75) is 0 Å². The number of hydrogen-bond donors (Lipinski definition) is 1. The third kappa shape index (κ3) is 2.87. The van der Waals surface area contributed by atoms with Crippen molar-refractivity contribution in [1.82, 2.24) is 9.78 Å². The molecule has 2 aromatic carbocycles. The van der Waals surface area contributed by atoms with Crippen molar-refractivity contribution in [3.8, 4) is 23.3 Å². The minimum absolute atomic E-state index is 0.214. The normalized spacial score (nSPS) is 9.87. The number of hydrogen-bond acceptors (Lipinski definition) is 5. The lowest BCUT2D eigenvalue weighted by Crippen LogP contribution is -1.96. The fourth-order valence-corrected chi connectivity index (χ4v) is 2.33.